The van der Waals surface area contributed by atoms with Crippen LogP contribution < -0.4 is 0 Å². The third-order valence-corrected chi connectivity index (χ3v) is 5.44. The van der Waals surface area contributed by atoms with Crippen molar-refractivity contribution in [3.63, 3.8) is 0 Å². The lowest BCUT2D eigenvalue weighted by atomic mass is 9.78. The van der Waals surface area contributed by atoms with E-state index in [0.29, 0.717) is 18.3 Å². The van der Waals surface area contributed by atoms with Crippen LogP contribution >= 0.6 is 0 Å². The topological polar surface area (TPSA) is 87.1 Å². The van der Waals surface area contributed by atoms with Gasteiger partial charge in [0, 0.05) is 6.42 Å². The van der Waals surface area contributed by atoms with Gasteiger partial charge in [-0.2, -0.15) is 0 Å². The molecule has 1 saturated heterocycles. The summed E-state index contributed by atoms with van der Waals surface area (Å²) < 4.78 is 5.84. The highest BCUT2D eigenvalue weighted by molar-refractivity contribution is 5.72. The molecule has 2 aliphatic rings. The van der Waals surface area contributed by atoms with E-state index in [1.807, 2.05) is 0 Å². The molecule has 0 aromatic heterocycles. The average molecular weight is 284 g/mol. The predicted octanol–water partition coefficient (Wildman–Crippen LogP) is 2.39. The fourth-order valence-corrected chi connectivity index (χ4v) is 3.98. The van der Waals surface area contributed by atoms with Crippen molar-refractivity contribution < 1.29 is 24.5 Å². The summed E-state index contributed by atoms with van der Waals surface area (Å²) >= 11 is 0. The highest BCUT2D eigenvalue weighted by atomic mass is 16.6. The van der Waals surface area contributed by atoms with Crippen LogP contribution in [0.3, 0.4) is 0 Å². The monoisotopic (exact) mass is 284 g/mol. The molecule has 0 aromatic carbocycles. The predicted molar refractivity (Wildman–Crippen MR) is 72.3 cm³/mol. The van der Waals surface area contributed by atoms with Crippen molar-refractivity contribution >= 4 is 11.9 Å². The number of rotatable bonds is 5. The molecule has 1 aliphatic heterocycles. The molecule has 2 fully saturated rings. The van der Waals surface area contributed by atoms with Crippen molar-refractivity contribution in [1.82, 2.24) is 0 Å². The number of epoxide rings is 1. The van der Waals surface area contributed by atoms with Crippen molar-refractivity contribution in [2.45, 2.75) is 58.2 Å². The minimum Gasteiger partial charge on any atom is -0.481 e. The first-order chi connectivity index (χ1) is 9.29. The van der Waals surface area contributed by atoms with Crippen LogP contribution in [-0.4, -0.2) is 33.9 Å². The highest BCUT2D eigenvalue weighted by Crippen LogP contribution is 2.56. The maximum atomic E-state index is 11.3. The van der Waals surface area contributed by atoms with Gasteiger partial charge in [0.15, 0.2) is 0 Å². The number of carboxylic acid groups (broad SMARTS) is 2. The van der Waals surface area contributed by atoms with Gasteiger partial charge in [-0.05, 0) is 43.9 Å². The minimum absolute atomic E-state index is 0.0302. The summed E-state index contributed by atoms with van der Waals surface area (Å²) in [5.41, 5.74) is -0.516. The Morgan fingerprint density at radius 1 is 1.35 bits per heavy atom. The molecular formula is C15H24O5. The highest BCUT2D eigenvalue weighted by Gasteiger charge is 2.65. The molecular weight excluding hydrogens is 260 g/mol. The van der Waals surface area contributed by atoms with Crippen molar-refractivity contribution in [3.8, 4) is 0 Å². The Kier molecular flexibility index (Phi) is 4.09. The average Bonchev–Trinajstić information content (AvgIpc) is 3.10. The van der Waals surface area contributed by atoms with E-state index in [-0.39, 0.29) is 18.4 Å². The molecule has 0 aromatic rings. The molecule has 2 rings (SSSR count). The van der Waals surface area contributed by atoms with Gasteiger partial charge in [-0.3, -0.25) is 9.59 Å². The molecule has 5 nitrogen and oxygen atoms in total. The summed E-state index contributed by atoms with van der Waals surface area (Å²) in [6.07, 6.45) is 2.46. The third-order valence-electron chi connectivity index (χ3n) is 5.44. The second-order valence-corrected chi connectivity index (χ2v) is 6.52. The van der Waals surface area contributed by atoms with E-state index >= 15 is 0 Å². The zero-order chi connectivity index (χ0) is 15.1. The Morgan fingerprint density at radius 2 is 2.00 bits per heavy atom. The summed E-state index contributed by atoms with van der Waals surface area (Å²) in [5.74, 6) is -1.15. The van der Waals surface area contributed by atoms with Gasteiger partial charge < -0.3 is 14.9 Å². The number of carboxylic acids is 2. The molecule has 0 bridgehead atoms. The van der Waals surface area contributed by atoms with Crippen molar-refractivity contribution in [2.75, 3.05) is 0 Å². The molecule has 0 spiro atoms. The first kappa shape index (κ1) is 15.3. The summed E-state index contributed by atoms with van der Waals surface area (Å²) in [4.78, 5) is 22.1. The zero-order valence-corrected chi connectivity index (χ0v) is 12.3. The number of aliphatic carboxylic acids is 2. The Bertz CT molecular complexity index is 407. The maximum Gasteiger partial charge on any atom is 0.309 e. The SMILES string of the molecule is CC1CCC2(C(C)C(=O)O)OC2C(C)C1CCC(=O)O. The maximum absolute atomic E-state index is 11.3. The first-order valence-electron chi connectivity index (χ1n) is 7.42. The molecule has 2 N–H and O–H groups in total. The Labute approximate surface area is 119 Å². The Hall–Kier alpha value is -1.10. The van der Waals surface area contributed by atoms with Crippen molar-refractivity contribution in [1.29, 1.82) is 0 Å². The second kappa shape index (κ2) is 5.35. The van der Waals surface area contributed by atoms with Gasteiger partial charge in [-0.25, -0.2) is 0 Å². The number of hydrogen-bond donors (Lipinski definition) is 2. The van der Waals surface area contributed by atoms with Crippen molar-refractivity contribution in [2.24, 2.45) is 23.7 Å². The third kappa shape index (κ3) is 2.55. The van der Waals surface area contributed by atoms with E-state index in [1.54, 1.807) is 6.92 Å². The minimum atomic E-state index is -0.809. The molecule has 1 aliphatic carbocycles. The molecule has 114 valence electrons. The lowest BCUT2D eigenvalue weighted by Crippen LogP contribution is -2.32. The van der Waals surface area contributed by atoms with Gasteiger partial charge in [0.25, 0.3) is 0 Å². The van der Waals surface area contributed by atoms with Crippen LogP contribution in [0.5, 0.6) is 0 Å². The van der Waals surface area contributed by atoms with Gasteiger partial charge in [-0.1, -0.05) is 13.8 Å². The van der Waals surface area contributed by atoms with Crippen LogP contribution in [0, 0.1) is 23.7 Å². The number of ether oxygens (including phenoxy) is 1. The van der Waals surface area contributed by atoms with Gasteiger partial charge in [0.05, 0.1) is 12.0 Å². The second-order valence-electron chi connectivity index (χ2n) is 6.52. The first-order valence-corrected chi connectivity index (χ1v) is 7.42. The van der Waals surface area contributed by atoms with Crippen LogP contribution in [0.15, 0.2) is 0 Å². The van der Waals surface area contributed by atoms with Crippen LogP contribution in [0.4, 0.5) is 0 Å². The molecule has 20 heavy (non-hydrogen) atoms. The van der Waals surface area contributed by atoms with E-state index in [1.165, 1.54) is 0 Å². The quantitative estimate of drug-likeness (QED) is 0.757. The smallest absolute Gasteiger partial charge is 0.309 e. The number of fused-ring (bicyclic) bond motifs is 1. The van der Waals surface area contributed by atoms with Gasteiger partial charge in [-0.15, -0.1) is 0 Å². The van der Waals surface area contributed by atoms with Crippen LogP contribution in [0.2, 0.25) is 0 Å². The van der Waals surface area contributed by atoms with E-state index in [0.717, 1.165) is 12.8 Å². The number of hydrogen-bond acceptors (Lipinski definition) is 3. The Balaban J connectivity index is 2.11. The lowest BCUT2D eigenvalue weighted by Gasteiger charge is -2.26. The largest absolute Gasteiger partial charge is 0.481 e. The molecule has 0 radical (unpaired) electrons. The van der Waals surface area contributed by atoms with E-state index < -0.39 is 23.5 Å². The van der Waals surface area contributed by atoms with E-state index in [2.05, 4.69) is 13.8 Å². The molecule has 5 heteroatoms. The standard InChI is InChI=1S/C15H24O5/c1-8-6-7-15(10(3)14(18)19)13(20-15)9(2)11(8)4-5-12(16)17/h8-11,13H,4-7H2,1-3H3,(H,16,17)(H,18,19). The summed E-state index contributed by atoms with van der Waals surface area (Å²) in [6.45, 7) is 5.94. The normalized spacial score (nSPS) is 41.4. The Morgan fingerprint density at radius 3 is 2.55 bits per heavy atom. The molecule has 6 unspecified atom stereocenters. The van der Waals surface area contributed by atoms with E-state index in [4.69, 9.17) is 9.84 Å². The zero-order valence-electron chi connectivity index (χ0n) is 12.3. The molecule has 0 amide bonds. The summed E-state index contributed by atoms with van der Waals surface area (Å²) in [5, 5.41) is 18.1. The fourth-order valence-electron chi connectivity index (χ4n) is 3.98. The van der Waals surface area contributed by atoms with Gasteiger partial charge in [0.1, 0.15) is 5.60 Å². The van der Waals surface area contributed by atoms with Crippen LogP contribution in [-0.2, 0) is 14.3 Å². The van der Waals surface area contributed by atoms with E-state index in [9.17, 15) is 14.7 Å². The summed E-state index contributed by atoms with van der Waals surface area (Å²) in [6, 6.07) is 0. The van der Waals surface area contributed by atoms with Crippen LogP contribution in [0.1, 0.15) is 46.5 Å². The molecule has 6 atom stereocenters. The van der Waals surface area contributed by atoms with Gasteiger partial charge in [0.2, 0.25) is 0 Å². The molecule has 1 saturated carbocycles. The van der Waals surface area contributed by atoms with Crippen molar-refractivity contribution in [3.05, 3.63) is 0 Å². The lowest BCUT2D eigenvalue weighted by molar-refractivity contribution is -0.143. The number of carbonyl (C=O) groups is 2. The van der Waals surface area contributed by atoms with Crippen LogP contribution in [0.25, 0.3) is 0 Å². The summed E-state index contributed by atoms with van der Waals surface area (Å²) in [7, 11) is 0. The van der Waals surface area contributed by atoms with Gasteiger partial charge >= 0.3 is 11.9 Å². The molecule has 1 heterocycles. The fraction of sp³-hybridized carbons (Fsp3) is 0.867.